The van der Waals surface area contributed by atoms with Crippen molar-refractivity contribution in [3.63, 3.8) is 0 Å². The number of aliphatic carboxylic acids is 1. The number of carboxylic acids is 1. The quantitative estimate of drug-likeness (QED) is 0.826. The lowest BCUT2D eigenvalue weighted by atomic mass is 10.2. The van der Waals surface area contributed by atoms with Gasteiger partial charge in [-0.3, -0.25) is 9.69 Å². The molecule has 1 aliphatic heterocycles. The second kappa shape index (κ2) is 5.95. The van der Waals surface area contributed by atoms with E-state index in [1.807, 2.05) is 4.90 Å². The first-order valence-corrected chi connectivity index (χ1v) is 6.49. The van der Waals surface area contributed by atoms with E-state index in [-0.39, 0.29) is 0 Å². The van der Waals surface area contributed by atoms with Crippen LogP contribution in [0.3, 0.4) is 0 Å². The van der Waals surface area contributed by atoms with Crippen molar-refractivity contribution in [1.82, 2.24) is 15.0 Å². The van der Waals surface area contributed by atoms with Crippen LogP contribution in [0, 0.1) is 0 Å². The van der Waals surface area contributed by atoms with Gasteiger partial charge in [0.15, 0.2) is 5.82 Å². The molecule has 1 saturated heterocycles. The van der Waals surface area contributed by atoms with Crippen molar-refractivity contribution in [2.75, 3.05) is 6.54 Å². The second-order valence-corrected chi connectivity index (χ2v) is 4.67. The highest BCUT2D eigenvalue weighted by Gasteiger charge is 2.31. The molecule has 0 spiro atoms. The average molecular weight is 253 g/mol. The van der Waals surface area contributed by atoms with Crippen molar-refractivity contribution >= 4 is 5.97 Å². The number of unbranched alkanes of at least 4 members (excludes halogenated alkanes) is 1. The van der Waals surface area contributed by atoms with Crippen LogP contribution < -0.4 is 0 Å². The molecule has 100 valence electrons. The van der Waals surface area contributed by atoms with E-state index in [0.29, 0.717) is 18.9 Å². The largest absolute Gasteiger partial charge is 0.480 e. The van der Waals surface area contributed by atoms with Crippen LogP contribution in [0.15, 0.2) is 4.52 Å². The molecule has 0 saturated carbocycles. The molecule has 1 N–H and O–H groups in total. The molecule has 0 aliphatic carbocycles. The molecule has 6 heteroatoms. The van der Waals surface area contributed by atoms with E-state index in [9.17, 15) is 4.79 Å². The van der Waals surface area contributed by atoms with Crippen molar-refractivity contribution < 1.29 is 14.4 Å². The van der Waals surface area contributed by atoms with E-state index in [1.165, 1.54) is 0 Å². The SMILES string of the molecule is CCCCc1noc(CN2CCC[C@H]2C(=O)O)n1. The van der Waals surface area contributed by atoms with Gasteiger partial charge in [0.1, 0.15) is 6.04 Å². The van der Waals surface area contributed by atoms with Gasteiger partial charge in [-0.05, 0) is 25.8 Å². The first kappa shape index (κ1) is 13.0. The fraction of sp³-hybridized carbons (Fsp3) is 0.750. The number of carboxylic acid groups (broad SMARTS) is 1. The molecule has 6 nitrogen and oxygen atoms in total. The summed E-state index contributed by atoms with van der Waals surface area (Å²) >= 11 is 0. The summed E-state index contributed by atoms with van der Waals surface area (Å²) in [5, 5.41) is 13.0. The number of carbonyl (C=O) groups is 1. The normalized spacial score (nSPS) is 20.4. The lowest BCUT2D eigenvalue weighted by Gasteiger charge is -2.18. The highest BCUT2D eigenvalue weighted by Crippen LogP contribution is 2.19. The molecular weight excluding hydrogens is 234 g/mol. The van der Waals surface area contributed by atoms with E-state index in [4.69, 9.17) is 9.63 Å². The van der Waals surface area contributed by atoms with Crippen LogP contribution in [0.5, 0.6) is 0 Å². The van der Waals surface area contributed by atoms with Gasteiger partial charge < -0.3 is 9.63 Å². The average Bonchev–Trinajstić information content (AvgIpc) is 2.96. The molecule has 0 unspecified atom stereocenters. The van der Waals surface area contributed by atoms with Crippen molar-refractivity contribution in [3.8, 4) is 0 Å². The van der Waals surface area contributed by atoms with Crippen molar-refractivity contribution in [2.24, 2.45) is 0 Å². The Hall–Kier alpha value is -1.43. The molecule has 18 heavy (non-hydrogen) atoms. The molecule has 1 fully saturated rings. The fourth-order valence-corrected chi connectivity index (χ4v) is 2.26. The number of hydrogen-bond acceptors (Lipinski definition) is 5. The van der Waals surface area contributed by atoms with Gasteiger partial charge in [0.2, 0.25) is 5.89 Å². The van der Waals surface area contributed by atoms with Crippen molar-refractivity contribution in [1.29, 1.82) is 0 Å². The summed E-state index contributed by atoms with van der Waals surface area (Å²) in [5.74, 6) is 0.477. The molecule has 0 radical (unpaired) electrons. The maximum absolute atomic E-state index is 11.0. The summed E-state index contributed by atoms with van der Waals surface area (Å²) in [7, 11) is 0. The van der Waals surface area contributed by atoms with Crippen LogP contribution in [0.4, 0.5) is 0 Å². The third kappa shape index (κ3) is 3.07. The Bertz CT molecular complexity index is 405. The van der Waals surface area contributed by atoms with E-state index < -0.39 is 12.0 Å². The predicted molar refractivity (Wildman–Crippen MR) is 64.0 cm³/mol. The van der Waals surface area contributed by atoms with Gasteiger partial charge >= 0.3 is 5.97 Å². The Labute approximate surface area is 106 Å². The van der Waals surface area contributed by atoms with Crippen molar-refractivity contribution in [3.05, 3.63) is 11.7 Å². The summed E-state index contributed by atoms with van der Waals surface area (Å²) in [4.78, 5) is 17.2. The third-order valence-corrected chi connectivity index (χ3v) is 3.25. The lowest BCUT2D eigenvalue weighted by Crippen LogP contribution is -2.35. The van der Waals surface area contributed by atoms with Gasteiger partial charge in [-0.25, -0.2) is 0 Å². The van der Waals surface area contributed by atoms with Gasteiger partial charge in [0.05, 0.1) is 6.54 Å². The van der Waals surface area contributed by atoms with Crippen LogP contribution in [0.25, 0.3) is 0 Å². The van der Waals surface area contributed by atoms with E-state index in [0.717, 1.165) is 38.1 Å². The zero-order valence-corrected chi connectivity index (χ0v) is 10.6. The first-order chi connectivity index (χ1) is 8.70. The van der Waals surface area contributed by atoms with Gasteiger partial charge in [0.25, 0.3) is 0 Å². The van der Waals surface area contributed by atoms with Gasteiger partial charge in [0, 0.05) is 6.42 Å². The summed E-state index contributed by atoms with van der Waals surface area (Å²) in [6, 6.07) is -0.406. The summed E-state index contributed by atoms with van der Waals surface area (Å²) in [6.07, 6.45) is 4.57. The highest BCUT2D eigenvalue weighted by atomic mass is 16.5. The van der Waals surface area contributed by atoms with Gasteiger partial charge in [-0.1, -0.05) is 18.5 Å². The molecule has 2 rings (SSSR count). The smallest absolute Gasteiger partial charge is 0.320 e. The van der Waals surface area contributed by atoms with E-state index >= 15 is 0 Å². The highest BCUT2D eigenvalue weighted by molar-refractivity contribution is 5.73. The van der Waals surface area contributed by atoms with Crippen LogP contribution in [-0.2, 0) is 17.8 Å². The Balaban J connectivity index is 1.92. The minimum absolute atomic E-state index is 0.406. The number of aromatic nitrogens is 2. The lowest BCUT2D eigenvalue weighted by molar-refractivity contribution is -0.142. The third-order valence-electron chi connectivity index (χ3n) is 3.25. The molecule has 1 atom stereocenters. The standard InChI is InChI=1S/C12H19N3O3/c1-2-3-6-10-13-11(18-14-10)8-15-7-4-5-9(15)12(16)17/h9H,2-8H2,1H3,(H,16,17)/t9-/m0/s1. The minimum atomic E-state index is -0.766. The zero-order valence-electron chi connectivity index (χ0n) is 10.6. The number of likely N-dealkylation sites (tertiary alicyclic amines) is 1. The summed E-state index contributed by atoms with van der Waals surface area (Å²) in [6.45, 7) is 3.34. The zero-order chi connectivity index (χ0) is 13.0. The van der Waals surface area contributed by atoms with Gasteiger partial charge in [-0.15, -0.1) is 0 Å². The monoisotopic (exact) mass is 253 g/mol. The Morgan fingerprint density at radius 1 is 1.61 bits per heavy atom. The Morgan fingerprint density at radius 3 is 3.17 bits per heavy atom. The number of nitrogens with zero attached hydrogens (tertiary/aromatic N) is 3. The first-order valence-electron chi connectivity index (χ1n) is 6.49. The van der Waals surface area contributed by atoms with Crippen molar-refractivity contribution in [2.45, 2.75) is 51.6 Å². The topological polar surface area (TPSA) is 79.5 Å². The van der Waals surface area contributed by atoms with Gasteiger partial charge in [-0.2, -0.15) is 4.98 Å². The molecule has 1 aliphatic rings. The molecule has 0 aromatic carbocycles. The molecule has 2 heterocycles. The van der Waals surface area contributed by atoms with Crippen LogP contribution in [0.1, 0.15) is 44.3 Å². The summed E-state index contributed by atoms with van der Waals surface area (Å²) < 4.78 is 5.16. The molecular formula is C12H19N3O3. The summed E-state index contributed by atoms with van der Waals surface area (Å²) in [5.41, 5.74) is 0. The number of aryl methyl sites for hydroxylation is 1. The van der Waals surface area contributed by atoms with Crippen LogP contribution in [-0.4, -0.2) is 38.7 Å². The van der Waals surface area contributed by atoms with E-state index in [2.05, 4.69) is 17.1 Å². The molecule has 0 amide bonds. The Kier molecular flexibility index (Phi) is 4.30. The molecule has 0 bridgehead atoms. The second-order valence-electron chi connectivity index (χ2n) is 4.67. The maximum atomic E-state index is 11.0. The predicted octanol–water partition coefficient (Wildman–Crippen LogP) is 1.46. The Morgan fingerprint density at radius 2 is 2.44 bits per heavy atom. The van der Waals surface area contributed by atoms with Crippen LogP contribution in [0.2, 0.25) is 0 Å². The minimum Gasteiger partial charge on any atom is -0.480 e. The number of rotatable bonds is 6. The maximum Gasteiger partial charge on any atom is 0.320 e. The fourth-order valence-electron chi connectivity index (χ4n) is 2.26. The molecule has 1 aromatic rings. The van der Waals surface area contributed by atoms with Crippen LogP contribution >= 0.6 is 0 Å². The molecule has 1 aromatic heterocycles. The van der Waals surface area contributed by atoms with E-state index in [1.54, 1.807) is 0 Å². The number of hydrogen-bond donors (Lipinski definition) is 1.